The highest BCUT2D eigenvalue weighted by molar-refractivity contribution is 5.96. The molecule has 2 aliphatic heterocycles. The number of fused-ring (bicyclic) bond motifs is 1. The third kappa shape index (κ3) is 5.57. The van der Waals surface area contributed by atoms with Gasteiger partial charge in [0.05, 0.1) is 5.56 Å². The number of alkyl halides is 3. The van der Waals surface area contributed by atoms with E-state index in [1.807, 2.05) is 6.92 Å². The predicted octanol–water partition coefficient (Wildman–Crippen LogP) is 7.29. The summed E-state index contributed by atoms with van der Waals surface area (Å²) in [5, 5.41) is 20.2. The lowest BCUT2D eigenvalue weighted by atomic mass is 9.84. The molecule has 3 aromatic rings. The molecule has 3 atom stereocenters. The zero-order valence-electron chi connectivity index (χ0n) is 22.1. The first-order valence-corrected chi connectivity index (χ1v) is 13.1. The molecule has 1 saturated heterocycles. The van der Waals surface area contributed by atoms with Crippen molar-refractivity contribution in [3.05, 3.63) is 82.9 Å². The van der Waals surface area contributed by atoms with Gasteiger partial charge < -0.3 is 19.7 Å². The molecule has 5 nitrogen and oxygen atoms in total. The van der Waals surface area contributed by atoms with E-state index >= 15 is 0 Å². The average Bonchev–Trinajstić information content (AvgIpc) is 3.33. The van der Waals surface area contributed by atoms with Gasteiger partial charge in [0.15, 0.2) is 6.10 Å². The van der Waals surface area contributed by atoms with Crippen molar-refractivity contribution >= 4 is 11.1 Å². The molecule has 2 N–H and O–H groups in total. The Hall–Kier alpha value is -3.65. The van der Waals surface area contributed by atoms with Crippen LogP contribution in [0.25, 0.3) is 11.1 Å². The first-order chi connectivity index (χ1) is 18.5. The van der Waals surface area contributed by atoms with Crippen LogP contribution in [-0.4, -0.2) is 40.9 Å². The van der Waals surface area contributed by atoms with E-state index in [9.17, 15) is 23.4 Å². The number of ether oxygens (including phenoxy) is 2. The number of allylic oxidation sites excluding steroid dienone is 1. The van der Waals surface area contributed by atoms with Crippen molar-refractivity contribution in [2.75, 3.05) is 19.7 Å². The Balaban J connectivity index is 1.54. The van der Waals surface area contributed by atoms with Crippen LogP contribution in [0.1, 0.15) is 55.5 Å². The van der Waals surface area contributed by atoms with E-state index in [2.05, 4.69) is 11.8 Å². The summed E-state index contributed by atoms with van der Waals surface area (Å²) in [6.07, 6.45) is -4.67. The second kappa shape index (κ2) is 10.5. The fourth-order valence-corrected chi connectivity index (χ4v) is 5.49. The molecule has 0 aliphatic carbocycles. The van der Waals surface area contributed by atoms with Crippen LogP contribution in [0, 0.1) is 5.92 Å². The number of likely N-dealkylation sites (tertiary alicyclic amines) is 1. The van der Waals surface area contributed by atoms with Crippen LogP contribution < -0.4 is 9.47 Å². The summed E-state index contributed by atoms with van der Waals surface area (Å²) >= 11 is 0. The maximum atomic E-state index is 14.5. The number of halogens is 3. The minimum absolute atomic E-state index is 0.0144. The normalized spacial score (nSPS) is 20.5. The molecule has 1 fully saturated rings. The first-order valence-electron chi connectivity index (χ1n) is 13.1. The number of phenolic OH excluding ortho intramolecular Hbond substituents is 2. The van der Waals surface area contributed by atoms with Gasteiger partial charge in [0.25, 0.3) is 0 Å². The lowest BCUT2D eigenvalue weighted by molar-refractivity contribution is -0.138. The van der Waals surface area contributed by atoms with Gasteiger partial charge in [-0.2, -0.15) is 13.2 Å². The minimum atomic E-state index is -4.67. The molecule has 1 unspecified atom stereocenters. The molecule has 0 amide bonds. The van der Waals surface area contributed by atoms with Gasteiger partial charge in [-0.15, -0.1) is 0 Å². The molecule has 8 heteroatoms. The number of benzene rings is 3. The summed E-state index contributed by atoms with van der Waals surface area (Å²) in [5.41, 5.74) is 1.30. The molecule has 0 saturated carbocycles. The molecular weight excluding hydrogens is 507 g/mol. The van der Waals surface area contributed by atoms with Gasteiger partial charge in [0.1, 0.15) is 29.6 Å². The topological polar surface area (TPSA) is 62.2 Å². The highest BCUT2D eigenvalue weighted by atomic mass is 19.4. The zero-order chi connectivity index (χ0) is 27.9. The van der Waals surface area contributed by atoms with Crippen molar-refractivity contribution in [3.8, 4) is 23.0 Å². The summed E-state index contributed by atoms with van der Waals surface area (Å²) < 4.78 is 55.6. The van der Waals surface area contributed by atoms with Crippen molar-refractivity contribution in [1.29, 1.82) is 0 Å². The maximum absolute atomic E-state index is 14.5. The second-order valence-corrected chi connectivity index (χ2v) is 10.6. The van der Waals surface area contributed by atoms with Gasteiger partial charge in [-0.1, -0.05) is 25.1 Å². The number of hydrogen-bond donors (Lipinski definition) is 2. The van der Waals surface area contributed by atoms with Crippen LogP contribution in [0.4, 0.5) is 13.2 Å². The summed E-state index contributed by atoms with van der Waals surface area (Å²) in [4.78, 5) is 2.30. The predicted molar refractivity (Wildman–Crippen MR) is 144 cm³/mol. The van der Waals surface area contributed by atoms with E-state index in [-0.39, 0.29) is 35.5 Å². The van der Waals surface area contributed by atoms with Gasteiger partial charge >= 0.3 is 6.18 Å². The molecule has 0 aromatic heterocycles. The molecule has 0 spiro atoms. The molecule has 206 valence electrons. The fourth-order valence-electron chi connectivity index (χ4n) is 5.49. The number of nitrogens with zero attached hydrogens (tertiary/aromatic N) is 1. The van der Waals surface area contributed by atoms with E-state index in [0.717, 1.165) is 25.6 Å². The smallest absolute Gasteiger partial charge is 0.416 e. The van der Waals surface area contributed by atoms with Gasteiger partial charge in [0, 0.05) is 29.3 Å². The Morgan fingerprint density at radius 2 is 1.82 bits per heavy atom. The highest BCUT2D eigenvalue weighted by Gasteiger charge is 2.40. The molecule has 3 aromatic carbocycles. The van der Waals surface area contributed by atoms with Gasteiger partial charge in [-0.25, -0.2) is 0 Å². The van der Waals surface area contributed by atoms with E-state index < -0.39 is 17.8 Å². The Morgan fingerprint density at radius 3 is 2.51 bits per heavy atom. The summed E-state index contributed by atoms with van der Waals surface area (Å²) in [6, 6.07) is 14.9. The van der Waals surface area contributed by atoms with Crippen LogP contribution >= 0.6 is 0 Å². The molecule has 2 heterocycles. The molecule has 0 radical (unpaired) electrons. The quantitative estimate of drug-likeness (QED) is 0.345. The van der Waals surface area contributed by atoms with Crippen molar-refractivity contribution < 1.29 is 32.9 Å². The molecule has 5 rings (SSSR count). The highest BCUT2D eigenvalue weighted by Crippen LogP contribution is 2.50. The first kappa shape index (κ1) is 26.9. The van der Waals surface area contributed by atoms with Gasteiger partial charge in [0.2, 0.25) is 0 Å². The molecule has 0 bridgehead atoms. The van der Waals surface area contributed by atoms with E-state index in [0.29, 0.717) is 33.9 Å². The minimum Gasteiger partial charge on any atom is -0.508 e. The third-order valence-electron chi connectivity index (χ3n) is 7.62. The van der Waals surface area contributed by atoms with Crippen LogP contribution in [0.3, 0.4) is 0 Å². The monoisotopic (exact) mass is 539 g/mol. The van der Waals surface area contributed by atoms with E-state index in [1.165, 1.54) is 30.3 Å². The number of aromatic hydroxyl groups is 2. The number of phenols is 2. The van der Waals surface area contributed by atoms with Gasteiger partial charge in [-0.3, -0.25) is 4.90 Å². The fraction of sp³-hybridized carbons (Fsp3) is 0.355. The molecule has 2 aliphatic rings. The third-order valence-corrected chi connectivity index (χ3v) is 7.62. The lowest BCUT2D eigenvalue weighted by Crippen LogP contribution is -2.35. The van der Waals surface area contributed by atoms with E-state index in [1.54, 1.807) is 31.2 Å². The number of rotatable bonds is 6. The summed E-state index contributed by atoms with van der Waals surface area (Å²) in [6.45, 7) is 8.19. The standard InChI is InChI=1S/C31H32F3NO4/c1-18-11-12-35(16-18)19(2)17-38-24-8-9-25(27(15-24)31(32,33)34)30-29(21-5-4-6-22(36)13-21)20(3)26-14-23(37)7-10-28(26)39-30/h4-10,13-15,18-19,30,36-37H,11-12,16-17H2,1-3H3/t18-,19+,30?/m1/s1. The van der Waals surface area contributed by atoms with Crippen LogP contribution in [-0.2, 0) is 6.18 Å². The van der Waals surface area contributed by atoms with Crippen LogP contribution in [0.5, 0.6) is 23.0 Å². The average molecular weight is 540 g/mol. The maximum Gasteiger partial charge on any atom is 0.416 e. The van der Waals surface area contributed by atoms with Crippen molar-refractivity contribution in [3.63, 3.8) is 0 Å². The summed E-state index contributed by atoms with van der Waals surface area (Å²) in [5.74, 6) is 1.10. The Morgan fingerprint density at radius 1 is 1.05 bits per heavy atom. The Kier molecular flexibility index (Phi) is 7.25. The van der Waals surface area contributed by atoms with Crippen LogP contribution in [0.2, 0.25) is 0 Å². The molecular formula is C31H32F3NO4. The van der Waals surface area contributed by atoms with Crippen molar-refractivity contribution in [2.45, 2.75) is 45.5 Å². The van der Waals surface area contributed by atoms with Gasteiger partial charge in [-0.05, 0) is 86.3 Å². The SMILES string of the molecule is CC1=C(c2cccc(O)c2)C(c2ccc(OC[C@H](C)N3CC[C@@H](C)C3)cc2C(F)(F)F)Oc2ccc(O)cc21. The summed E-state index contributed by atoms with van der Waals surface area (Å²) in [7, 11) is 0. The largest absolute Gasteiger partial charge is 0.508 e. The lowest BCUT2D eigenvalue weighted by Gasteiger charge is -2.32. The Labute approximate surface area is 226 Å². The Bertz CT molecular complexity index is 1400. The van der Waals surface area contributed by atoms with Crippen molar-refractivity contribution in [2.24, 2.45) is 5.92 Å². The second-order valence-electron chi connectivity index (χ2n) is 10.6. The number of hydrogen-bond acceptors (Lipinski definition) is 5. The zero-order valence-corrected chi connectivity index (χ0v) is 22.1. The van der Waals surface area contributed by atoms with Crippen molar-refractivity contribution in [1.82, 2.24) is 4.90 Å². The van der Waals surface area contributed by atoms with Crippen LogP contribution in [0.15, 0.2) is 60.7 Å². The molecule has 39 heavy (non-hydrogen) atoms. The van der Waals surface area contributed by atoms with E-state index in [4.69, 9.17) is 9.47 Å².